The first-order chi connectivity index (χ1) is 16.4. The smallest absolute Gasteiger partial charge is 0.331 e. The average Bonchev–Trinajstić information content (AvgIpc) is 3.31. The van der Waals surface area contributed by atoms with Gasteiger partial charge in [0.05, 0.1) is 25.2 Å². The Hall–Kier alpha value is -2.67. The van der Waals surface area contributed by atoms with Crippen LogP contribution in [0, 0.1) is 28.1 Å². The quantitative estimate of drug-likeness (QED) is 0.604. The van der Waals surface area contributed by atoms with E-state index in [1.807, 2.05) is 20.8 Å². The molecule has 1 N–H and O–H groups in total. The molecule has 7 nitrogen and oxygen atoms in total. The maximum atomic E-state index is 13.0. The number of carbonyl (C=O) groups excluding carboxylic acids is 3. The Kier molecular flexibility index (Phi) is 6.37. The zero-order valence-electron chi connectivity index (χ0n) is 21.3. The van der Waals surface area contributed by atoms with Crippen LogP contribution in [0.2, 0.25) is 0 Å². The molecule has 2 heterocycles. The molecule has 190 valence electrons. The molecule has 35 heavy (non-hydrogen) atoms. The van der Waals surface area contributed by atoms with Crippen LogP contribution in [0.5, 0.6) is 0 Å². The second kappa shape index (κ2) is 8.77. The van der Waals surface area contributed by atoms with Crippen molar-refractivity contribution in [2.24, 2.45) is 28.1 Å². The number of fused-ring (bicyclic) bond motifs is 1. The molecule has 4 rings (SSSR count). The normalized spacial score (nSPS) is 36.7. The molecule has 1 aromatic heterocycles. The number of ether oxygens (including phenoxy) is 2. The van der Waals surface area contributed by atoms with Crippen LogP contribution < -0.4 is 0 Å². The fourth-order valence-corrected chi connectivity index (χ4v) is 6.98. The van der Waals surface area contributed by atoms with Gasteiger partial charge in [-0.05, 0) is 48.8 Å². The van der Waals surface area contributed by atoms with Gasteiger partial charge in [0.2, 0.25) is 0 Å². The number of allylic oxidation sites excluding steroid dienone is 1. The lowest BCUT2D eigenvalue weighted by molar-refractivity contribution is -0.170. The summed E-state index contributed by atoms with van der Waals surface area (Å²) in [6.07, 6.45) is 4.59. The van der Waals surface area contributed by atoms with Crippen molar-refractivity contribution < 1.29 is 33.4 Å². The van der Waals surface area contributed by atoms with Crippen LogP contribution in [0.15, 0.2) is 46.8 Å². The second-order valence-corrected chi connectivity index (χ2v) is 11.3. The average molecular weight is 485 g/mol. The highest BCUT2D eigenvalue weighted by Gasteiger charge is 2.62. The van der Waals surface area contributed by atoms with Crippen LogP contribution in [0.4, 0.5) is 0 Å². The molecular weight excluding hydrogens is 448 g/mol. The van der Waals surface area contributed by atoms with Crippen molar-refractivity contribution in [1.29, 1.82) is 0 Å². The Morgan fingerprint density at radius 3 is 2.60 bits per heavy atom. The summed E-state index contributed by atoms with van der Waals surface area (Å²) in [5.41, 5.74) is 0.174. The summed E-state index contributed by atoms with van der Waals surface area (Å²) in [5.74, 6) is -1.59. The highest BCUT2D eigenvalue weighted by atomic mass is 16.5. The summed E-state index contributed by atoms with van der Waals surface area (Å²) in [6.45, 7) is 14.2. The molecule has 0 aromatic carbocycles. The first-order valence-corrected chi connectivity index (χ1v) is 12.4. The predicted octanol–water partition coefficient (Wildman–Crippen LogP) is 4.71. The molecule has 0 spiro atoms. The number of ketones is 1. The number of aliphatic hydroxyl groups is 1. The Labute approximate surface area is 206 Å². The maximum Gasteiger partial charge on any atom is 0.331 e. The second-order valence-electron chi connectivity index (χ2n) is 11.3. The number of hydrogen-bond acceptors (Lipinski definition) is 7. The van der Waals surface area contributed by atoms with Crippen molar-refractivity contribution in [1.82, 2.24) is 0 Å². The monoisotopic (exact) mass is 484 g/mol. The third kappa shape index (κ3) is 3.88. The van der Waals surface area contributed by atoms with E-state index in [1.54, 1.807) is 25.5 Å². The lowest BCUT2D eigenvalue weighted by Crippen LogP contribution is -2.60. The van der Waals surface area contributed by atoms with Crippen LogP contribution in [0.3, 0.4) is 0 Å². The van der Waals surface area contributed by atoms with E-state index in [0.717, 1.165) is 16.7 Å². The zero-order valence-corrected chi connectivity index (χ0v) is 21.3. The highest BCUT2D eigenvalue weighted by molar-refractivity contribution is 5.88. The standard InChI is InChI=1S/C28H36O7/c1-7-34-23(31)13-20-26(3,4)21(29)14-22(30)28(20,6)18-8-10-27(5)19(16(18)2)12-24(32)35-25(27)17-9-11-33-15-17/h9,11-12,15,18,20,22,25,30H,2,7-8,10,13-14H2,1,3-6H3/t18-,20-,22-,25-,27+,28+/m0/s1. The number of Topliss-reactive ketones (excluding diaryl/α,β-unsaturated/α-hetero) is 1. The van der Waals surface area contributed by atoms with Crippen LogP contribution >= 0.6 is 0 Å². The number of rotatable bonds is 5. The number of furan rings is 1. The first kappa shape index (κ1) is 25.4. The number of aliphatic hydroxyl groups excluding tert-OH is 1. The van der Waals surface area contributed by atoms with Gasteiger partial charge in [-0.25, -0.2) is 4.79 Å². The minimum Gasteiger partial charge on any atom is -0.472 e. The van der Waals surface area contributed by atoms with E-state index in [-0.39, 0.29) is 37.1 Å². The van der Waals surface area contributed by atoms with Crippen molar-refractivity contribution in [2.75, 3.05) is 6.61 Å². The third-order valence-corrected chi connectivity index (χ3v) is 9.12. The zero-order chi connectivity index (χ0) is 25.8. The summed E-state index contributed by atoms with van der Waals surface area (Å²) in [5, 5.41) is 11.4. The Balaban J connectivity index is 1.76. The predicted molar refractivity (Wildman–Crippen MR) is 128 cm³/mol. The van der Waals surface area contributed by atoms with E-state index in [4.69, 9.17) is 13.9 Å². The number of carbonyl (C=O) groups is 3. The minimum atomic E-state index is -0.950. The van der Waals surface area contributed by atoms with Gasteiger partial charge >= 0.3 is 11.9 Å². The summed E-state index contributed by atoms with van der Waals surface area (Å²) < 4.78 is 16.3. The third-order valence-electron chi connectivity index (χ3n) is 9.12. The summed E-state index contributed by atoms with van der Waals surface area (Å²) in [4.78, 5) is 38.3. The molecule has 1 aromatic rings. The molecule has 0 radical (unpaired) electrons. The summed E-state index contributed by atoms with van der Waals surface area (Å²) in [6, 6.07) is 1.80. The highest BCUT2D eigenvalue weighted by Crippen LogP contribution is 2.63. The largest absolute Gasteiger partial charge is 0.472 e. The lowest BCUT2D eigenvalue weighted by atomic mass is 9.46. The number of hydrogen-bond donors (Lipinski definition) is 1. The van der Waals surface area contributed by atoms with Crippen molar-refractivity contribution >= 4 is 17.7 Å². The molecule has 0 saturated heterocycles. The van der Waals surface area contributed by atoms with E-state index < -0.39 is 40.3 Å². The maximum absolute atomic E-state index is 13.0. The summed E-state index contributed by atoms with van der Waals surface area (Å²) in [7, 11) is 0. The van der Waals surface area contributed by atoms with Crippen LogP contribution in [0.1, 0.15) is 72.0 Å². The molecule has 1 aliphatic heterocycles. The van der Waals surface area contributed by atoms with Crippen LogP contribution in [-0.4, -0.2) is 35.5 Å². The van der Waals surface area contributed by atoms with Gasteiger partial charge in [0, 0.05) is 40.7 Å². The van der Waals surface area contributed by atoms with E-state index in [9.17, 15) is 19.5 Å². The van der Waals surface area contributed by atoms with E-state index >= 15 is 0 Å². The SMILES string of the molecule is C=C1C2=CC(=O)O[C@@H](c3ccoc3)[C@]2(C)CC[C@@H]1[C@@]1(C)[C@@H](O)CC(=O)C(C)(C)[C@@H]1CC(=O)OCC. The fraction of sp³-hybridized carbons (Fsp3) is 0.607. The van der Waals surface area contributed by atoms with E-state index in [1.165, 1.54) is 6.08 Å². The van der Waals surface area contributed by atoms with Crippen molar-refractivity contribution in [3.05, 3.63) is 48.0 Å². The van der Waals surface area contributed by atoms with Gasteiger partial charge in [-0.15, -0.1) is 0 Å². The van der Waals surface area contributed by atoms with E-state index in [2.05, 4.69) is 13.5 Å². The molecule has 7 heteroatoms. The molecule has 0 unspecified atom stereocenters. The molecule has 0 bridgehead atoms. The van der Waals surface area contributed by atoms with Crippen LogP contribution in [-0.2, 0) is 23.9 Å². The van der Waals surface area contributed by atoms with Gasteiger partial charge in [0.15, 0.2) is 0 Å². The Bertz CT molecular complexity index is 1070. The van der Waals surface area contributed by atoms with Gasteiger partial charge in [0.1, 0.15) is 11.9 Å². The van der Waals surface area contributed by atoms with Crippen molar-refractivity contribution in [2.45, 2.75) is 72.5 Å². The molecule has 2 saturated carbocycles. The molecule has 2 fully saturated rings. The number of esters is 2. The lowest BCUT2D eigenvalue weighted by Gasteiger charge is -2.59. The van der Waals surface area contributed by atoms with Gasteiger partial charge in [0.25, 0.3) is 0 Å². The molecule has 3 aliphatic rings. The van der Waals surface area contributed by atoms with Gasteiger partial charge in [-0.3, -0.25) is 9.59 Å². The molecular formula is C28H36O7. The Morgan fingerprint density at radius 2 is 1.97 bits per heavy atom. The van der Waals surface area contributed by atoms with Crippen LogP contribution in [0.25, 0.3) is 0 Å². The minimum absolute atomic E-state index is 0.0165. The first-order valence-electron chi connectivity index (χ1n) is 12.4. The topological polar surface area (TPSA) is 103 Å². The Morgan fingerprint density at radius 1 is 1.26 bits per heavy atom. The summed E-state index contributed by atoms with van der Waals surface area (Å²) >= 11 is 0. The van der Waals surface area contributed by atoms with Crippen molar-refractivity contribution in [3.8, 4) is 0 Å². The molecule has 2 aliphatic carbocycles. The van der Waals surface area contributed by atoms with Crippen molar-refractivity contribution in [3.63, 3.8) is 0 Å². The van der Waals surface area contributed by atoms with E-state index in [0.29, 0.717) is 12.8 Å². The van der Waals surface area contributed by atoms with Gasteiger partial charge in [-0.2, -0.15) is 0 Å². The van der Waals surface area contributed by atoms with Gasteiger partial charge < -0.3 is 19.0 Å². The van der Waals surface area contributed by atoms with Gasteiger partial charge in [-0.1, -0.05) is 34.3 Å². The molecule has 6 atom stereocenters. The fourth-order valence-electron chi connectivity index (χ4n) is 6.98. The molecule has 0 amide bonds. The number of cyclic esters (lactones) is 1.